The lowest BCUT2D eigenvalue weighted by Crippen LogP contribution is -2.41. The third-order valence-electron chi connectivity index (χ3n) is 2.78. The van der Waals surface area contributed by atoms with Gasteiger partial charge in [0.1, 0.15) is 6.10 Å². The van der Waals surface area contributed by atoms with Crippen molar-refractivity contribution in [3.8, 4) is 0 Å². The van der Waals surface area contributed by atoms with Gasteiger partial charge >= 0.3 is 5.97 Å². The molecule has 0 radical (unpaired) electrons. The molecule has 1 rings (SSSR count). The maximum Gasteiger partial charge on any atom is 0.332 e. The van der Waals surface area contributed by atoms with E-state index in [-0.39, 0.29) is 12.0 Å². The standard InChI is InChI=1S/C11H19NO6/c1-16-6-7(17-2)5-12-10(13)8-3-4-9(18-8)11(14)15/h7-9H,3-6H2,1-2H3,(H,12,13)(H,14,15). The van der Waals surface area contributed by atoms with Gasteiger partial charge in [-0.15, -0.1) is 0 Å². The maximum atomic E-state index is 11.7. The summed E-state index contributed by atoms with van der Waals surface area (Å²) in [5, 5.41) is 11.4. The molecular formula is C11H19NO6. The number of aliphatic carboxylic acids is 1. The van der Waals surface area contributed by atoms with Crippen molar-refractivity contribution in [1.82, 2.24) is 5.32 Å². The van der Waals surface area contributed by atoms with Gasteiger partial charge in [0.15, 0.2) is 6.10 Å². The minimum Gasteiger partial charge on any atom is -0.479 e. The maximum absolute atomic E-state index is 11.7. The monoisotopic (exact) mass is 261 g/mol. The Hall–Kier alpha value is -1.18. The summed E-state index contributed by atoms with van der Waals surface area (Å²) >= 11 is 0. The largest absolute Gasteiger partial charge is 0.479 e. The van der Waals surface area contributed by atoms with Gasteiger partial charge in [0.05, 0.1) is 12.7 Å². The number of carbonyl (C=O) groups excluding carboxylic acids is 1. The Balaban J connectivity index is 2.31. The van der Waals surface area contributed by atoms with E-state index in [0.717, 1.165) is 0 Å². The van der Waals surface area contributed by atoms with E-state index >= 15 is 0 Å². The molecule has 1 fully saturated rings. The van der Waals surface area contributed by atoms with Gasteiger partial charge in [-0.3, -0.25) is 4.79 Å². The fraction of sp³-hybridized carbons (Fsp3) is 0.818. The van der Waals surface area contributed by atoms with E-state index < -0.39 is 18.2 Å². The van der Waals surface area contributed by atoms with Crippen LogP contribution in [0, 0.1) is 0 Å². The highest BCUT2D eigenvalue weighted by Crippen LogP contribution is 2.19. The van der Waals surface area contributed by atoms with E-state index in [0.29, 0.717) is 26.0 Å². The third kappa shape index (κ3) is 4.25. The number of hydrogen-bond acceptors (Lipinski definition) is 5. The van der Waals surface area contributed by atoms with E-state index in [1.807, 2.05) is 0 Å². The van der Waals surface area contributed by atoms with E-state index in [1.54, 1.807) is 7.11 Å². The van der Waals surface area contributed by atoms with Gasteiger partial charge in [0.2, 0.25) is 5.91 Å². The second-order valence-corrected chi connectivity index (χ2v) is 4.09. The fourth-order valence-electron chi connectivity index (χ4n) is 1.74. The quantitative estimate of drug-likeness (QED) is 0.635. The summed E-state index contributed by atoms with van der Waals surface area (Å²) in [5.41, 5.74) is 0. The minimum atomic E-state index is -1.03. The van der Waals surface area contributed by atoms with Crippen LogP contribution in [0.3, 0.4) is 0 Å². The zero-order valence-corrected chi connectivity index (χ0v) is 10.5. The lowest BCUT2D eigenvalue weighted by Gasteiger charge is -2.17. The number of nitrogens with one attached hydrogen (secondary N) is 1. The molecule has 2 N–H and O–H groups in total. The summed E-state index contributed by atoms with van der Waals surface area (Å²) in [6.45, 7) is 0.681. The van der Waals surface area contributed by atoms with Crippen LogP contribution < -0.4 is 5.32 Å². The summed E-state index contributed by atoms with van der Waals surface area (Å²) in [6.07, 6.45) is -1.01. The molecule has 1 aliphatic heterocycles. The number of ether oxygens (including phenoxy) is 3. The number of amides is 1. The molecule has 0 aliphatic carbocycles. The molecule has 0 saturated carbocycles. The highest BCUT2D eigenvalue weighted by Gasteiger charge is 2.34. The van der Waals surface area contributed by atoms with Crippen molar-refractivity contribution >= 4 is 11.9 Å². The van der Waals surface area contributed by atoms with Crippen LogP contribution in [0.1, 0.15) is 12.8 Å². The SMILES string of the molecule is COCC(CNC(=O)C1CCC(C(=O)O)O1)OC. The minimum absolute atomic E-state index is 0.226. The molecule has 1 saturated heterocycles. The molecule has 1 amide bonds. The molecule has 0 aromatic carbocycles. The lowest BCUT2D eigenvalue weighted by molar-refractivity contribution is -0.151. The zero-order valence-electron chi connectivity index (χ0n) is 10.5. The molecule has 7 nitrogen and oxygen atoms in total. The van der Waals surface area contributed by atoms with Gasteiger partial charge < -0.3 is 24.6 Å². The van der Waals surface area contributed by atoms with E-state index in [9.17, 15) is 9.59 Å². The molecule has 104 valence electrons. The van der Waals surface area contributed by atoms with Crippen molar-refractivity contribution in [2.75, 3.05) is 27.4 Å². The van der Waals surface area contributed by atoms with Crippen molar-refractivity contribution in [3.63, 3.8) is 0 Å². The second kappa shape index (κ2) is 7.30. The van der Waals surface area contributed by atoms with E-state index in [1.165, 1.54) is 7.11 Å². The van der Waals surface area contributed by atoms with Crippen LogP contribution in [0.4, 0.5) is 0 Å². The van der Waals surface area contributed by atoms with Crippen LogP contribution in [0.2, 0.25) is 0 Å². The zero-order chi connectivity index (χ0) is 13.5. The topological polar surface area (TPSA) is 94.1 Å². The van der Waals surface area contributed by atoms with Gasteiger partial charge in [-0.1, -0.05) is 0 Å². The molecule has 1 heterocycles. The molecule has 3 unspecified atom stereocenters. The van der Waals surface area contributed by atoms with Gasteiger partial charge in [-0.25, -0.2) is 4.79 Å². The normalized spacial score (nSPS) is 24.8. The highest BCUT2D eigenvalue weighted by molar-refractivity contribution is 5.82. The summed E-state index contributed by atoms with van der Waals surface area (Å²) in [6, 6.07) is 0. The number of hydrogen-bond donors (Lipinski definition) is 2. The van der Waals surface area contributed by atoms with Crippen molar-refractivity contribution in [1.29, 1.82) is 0 Å². The van der Waals surface area contributed by atoms with Crippen LogP contribution in [0.15, 0.2) is 0 Å². The van der Waals surface area contributed by atoms with E-state index in [2.05, 4.69) is 5.32 Å². The van der Waals surface area contributed by atoms with Crippen molar-refractivity contribution < 1.29 is 28.9 Å². The first-order chi connectivity index (χ1) is 8.58. The summed E-state index contributed by atoms with van der Waals surface area (Å²) in [4.78, 5) is 22.4. The number of carbonyl (C=O) groups is 2. The molecule has 18 heavy (non-hydrogen) atoms. The number of carboxylic acid groups (broad SMARTS) is 1. The predicted molar refractivity (Wildman–Crippen MR) is 61.2 cm³/mol. The Labute approximate surface area is 105 Å². The molecule has 3 atom stereocenters. The molecule has 1 aliphatic rings. The average Bonchev–Trinajstić information content (AvgIpc) is 2.83. The summed E-state index contributed by atoms with van der Waals surface area (Å²) in [5.74, 6) is -1.34. The van der Waals surface area contributed by atoms with Crippen molar-refractivity contribution in [2.24, 2.45) is 0 Å². The molecule has 0 aromatic heterocycles. The Bertz CT molecular complexity index is 295. The number of carboxylic acids is 1. The van der Waals surface area contributed by atoms with Crippen LogP contribution >= 0.6 is 0 Å². The molecule has 0 spiro atoms. The van der Waals surface area contributed by atoms with Crippen LogP contribution in [0.25, 0.3) is 0 Å². The first kappa shape index (κ1) is 14.9. The molecular weight excluding hydrogens is 242 g/mol. The molecule has 0 bridgehead atoms. The molecule has 7 heteroatoms. The van der Waals surface area contributed by atoms with Gasteiger partial charge in [-0.2, -0.15) is 0 Å². The van der Waals surface area contributed by atoms with Gasteiger partial charge in [0.25, 0.3) is 0 Å². The van der Waals surface area contributed by atoms with Crippen LogP contribution in [-0.2, 0) is 23.8 Å². The first-order valence-corrected chi connectivity index (χ1v) is 5.76. The smallest absolute Gasteiger partial charge is 0.332 e. The Morgan fingerprint density at radius 2 is 2.06 bits per heavy atom. The lowest BCUT2D eigenvalue weighted by atomic mass is 10.2. The first-order valence-electron chi connectivity index (χ1n) is 5.76. The van der Waals surface area contributed by atoms with Crippen LogP contribution in [-0.4, -0.2) is 62.7 Å². The highest BCUT2D eigenvalue weighted by atomic mass is 16.5. The Morgan fingerprint density at radius 3 is 2.56 bits per heavy atom. The van der Waals surface area contributed by atoms with Gasteiger partial charge in [0, 0.05) is 20.8 Å². The predicted octanol–water partition coefficient (Wildman–Crippen LogP) is -0.604. The van der Waals surface area contributed by atoms with E-state index in [4.69, 9.17) is 19.3 Å². The average molecular weight is 261 g/mol. The number of rotatable bonds is 7. The van der Waals surface area contributed by atoms with Gasteiger partial charge in [-0.05, 0) is 12.8 Å². The second-order valence-electron chi connectivity index (χ2n) is 4.09. The Morgan fingerprint density at radius 1 is 1.39 bits per heavy atom. The molecule has 0 aromatic rings. The third-order valence-corrected chi connectivity index (χ3v) is 2.78. The van der Waals surface area contributed by atoms with Crippen molar-refractivity contribution in [3.05, 3.63) is 0 Å². The fourth-order valence-corrected chi connectivity index (χ4v) is 1.74. The Kier molecular flexibility index (Phi) is 6.03. The summed E-state index contributed by atoms with van der Waals surface area (Å²) in [7, 11) is 3.08. The summed E-state index contributed by atoms with van der Waals surface area (Å²) < 4.78 is 15.1. The van der Waals surface area contributed by atoms with Crippen LogP contribution in [0.5, 0.6) is 0 Å². The van der Waals surface area contributed by atoms with Crippen molar-refractivity contribution in [2.45, 2.75) is 31.2 Å². The number of methoxy groups -OCH3 is 2.